The predicted octanol–water partition coefficient (Wildman–Crippen LogP) is 3.83. The highest BCUT2D eigenvalue weighted by Gasteiger charge is 2.10. The van der Waals surface area contributed by atoms with Gasteiger partial charge in [-0.15, -0.1) is 11.3 Å². The highest BCUT2D eigenvalue weighted by Crippen LogP contribution is 2.25. The number of hydrogen-bond donors (Lipinski definition) is 0. The largest absolute Gasteiger partial charge is 0.368 e. The van der Waals surface area contributed by atoms with E-state index >= 15 is 0 Å². The molecule has 0 radical (unpaired) electrons. The maximum absolute atomic E-state index is 10.7. The average molecular weight is 335 g/mol. The number of thiophene rings is 1. The molecule has 1 aromatic heterocycles. The fourth-order valence-corrected chi connectivity index (χ4v) is 3.31. The molecule has 3 nitrogen and oxygen atoms in total. The molecule has 1 heterocycles. The minimum absolute atomic E-state index is 0.516. The Bertz CT molecular complexity index is 645. The van der Waals surface area contributed by atoms with Crippen LogP contribution in [0.15, 0.2) is 34.1 Å². The average Bonchev–Trinajstić information content (AvgIpc) is 2.83. The van der Waals surface area contributed by atoms with Crippen molar-refractivity contribution in [3.05, 3.63) is 50.1 Å². The molecule has 0 amide bonds. The van der Waals surface area contributed by atoms with Crippen molar-refractivity contribution in [2.45, 2.75) is 6.54 Å². The molecule has 0 unspecified atom stereocenters. The summed E-state index contributed by atoms with van der Waals surface area (Å²) in [7, 11) is 1.93. The normalized spacial score (nSPS) is 9.95. The Morgan fingerprint density at radius 2 is 2.26 bits per heavy atom. The lowest BCUT2D eigenvalue weighted by molar-refractivity contribution is 0.112. The molecule has 0 aliphatic heterocycles. The van der Waals surface area contributed by atoms with Crippen molar-refractivity contribution in [1.29, 1.82) is 5.26 Å². The van der Waals surface area contributed by atoms with E-state index < -0.39 is 0 Å². The molecule has 0 fully saturated rings. The first kappa shape index (κ1) is 13.8. The van der Waals surface area contributed by atoms with E-state index in [0.29, 0.717) is 11.1 Å². The van der Waals surface area contributed by atoms with Crippen molar-refractivity contribution in [2.24, 2.45) is 0 Å². The third kappa shape index (κ3) is 3.22. The fraction of sp³-hybridized carbons (Fsp3) is 0.143. The number of hydrogen-bond acceptors (Lipinski definition) is 4. The van der Waals surface area contributed by atoms with E-state index in [4.69, 9.17) is 5.26 Å². The van der Waals surface area contributed by atoms with Gasteiger partial charge >= 0.3 is 0 Å². The number of aldehydes is 1. The monoisotopic (exact) mass is 334 g/mol. The van der Waals surface area contributed by atoms with Crippen LogP contribution in [0, 0.1) is 11.3 Å². The molecule has 0 N–H and O–H groups in total. The number of nitrogens with zero attached hydrogens (tertiary/aromatic N) is 2. The molecule has 2 aromatic rings. The van der Waals surface area contributed by atoms with Crippen LogP contribution in [0.1, 0.15) is 20.8 Å². The van der Waals surface area contributed by atoms with Crippen molar-refractivity contribution in [2.75, 3.05) is 11.9 Å². The Balaban J connectivity index is 2.26. The Morgan fingerprint density at radius 1 is 1.47 bits per heavy atom. The summed E-state index contributed by atoms with van der Waals surface area (Å²) in [6.45, 7) is 0.728. The standard InChI is InChI=1S/C14H11BrN2OS/c1-17(7-13-5-12(15)9-19-13)14-3-2-10(8-18)4-11(14)6-16/h2-5,8-9H,7H2,1H3. The second-order valence-corrected chi connectivity index (χ2v) is 6.00. The number of nitriles is 1. The second-order valence-electron chi connectivity index (χ2n) is 4.09. The van der Waals surface area contributed by atoms with Gasteiger partial charge in [0.25, 0.3) is 0 Å². The number of benzene rings is 1. The maximum Gasteiger partial charge on any atom is 0.150 e. The molecule has 0 spiro atoms. The van der Waals surface area contributed by atoms with E-state index in [9.17, 15) is 4.79 Å². The first-order valence-electron chi connectivity index (χ1n) is 5.57. The van der Waals surface area contributed by atoms with Gasteiger partial charge in [0.05, 0.1) is 17.8 Å². The molecule has 0 aliphatic carbocycles. The Morgan fingerprint density at radius 3 is 2.84 bits per heavy atom. The maximum atomic E-state index is 10.7. The van der Waals surface area contributed by atoms with Crippen LogP contribution >= 0.6 is 27.3 Å². The van der Waals surface area contributed by atoms with Gasteiger partial charge in [-0.25, -0.2) is 0 Å². The molecule has 0 bridgehead atoms. The zero-order chi connectivity index (χ0) is 13.8. The molecule has 1 aromatic carbocycles. The zero-order valence-corrected chi connectivity index (χ0v) is 12.7. The van der Waals surface area contributed by atoms with Crippen molar-refractivity contribution in [1.82, 2.24) is 0 Å². The van der Waals surface area contributed by atoms with E-state index in [1.54, 1.807) is 23.5 Å². The number of halogens is 1. The van der Waals surface area contributed by atoms with Gasteiger partial charge in [-0.2, -0.15) is 5.26 Å². The molecule has 0 aliphatic rings. The third-order valence-electron chi connectivity index (χ3n) is 2.70. The van der Waals surface area contributed by atoms with E-state index in [1.807, 2.05) is 23.4 Å². The van der Waals surface area contributed by atoms with Crippen molar-refractivity contribution in [3.63, 3.8) is 0 Å². The van der Waals surface area contributed by atoms with E-state index in [1.165, 1.54) is 4.88 Å². The zero-order valence-electron chi connectivity index (χ0n) is 10.3. The van der Waals surface area contributed by atoms with Crippen LogP contribution in [-0.4, -0.2) is 13.3 Å². The van der Waals surface area contributed by atoms with Crippen molar-refractivity contribution < 1.29 is 4.79 Å². The summed E-state index contributed by atoms with van der Waals surface area (Å²) >= 11 is 5.09. The predicted molar refractivity (Wildman–Crippen MR) is 80.7 cm³/mol. The second kappa shape index (κ2) is 6.00. The number of anilines is 1. The summed E-state index contributed by atoms with van der Waals surface area (Å²) in [5.74, 6) is 0. The van der Waals surface area contributed by atoms with Gasteiger partial charge in [-0.05, 0) is 40.2 Å². The molecule has 5 heteroatoms. The van der Waals surface area contributed by atoms with Gasteiger partial charge in [0.15, 0.2) is 0 Å². The summed E-state index contributed by atoms with van der Waals surface area (Å²) in [5, 5.41) is 11.2. The van der Waals surface area contributed by atoms with Crippen LogP contribution < -0.4 is 4.90 Å². The molecule has 2 rings (SSSR count). The minimum atomic E-state index is 0.516. The van der Waals surface area contributed by atoms with Gasteiger partial charge in [-0.3, -0.25) is 4.79 Å². The SMILES string of the molecule is CN(Cc1cc(Br)cs1)c1ccc(C=O)cc1C#N. The summed E-state index contributed by atoms with van der Waals surface area (Å²) in [6.07, 6.45) is 0.751. The lowest BCUT2D eigenvalue weighted by atomic mass is 10.1. The van der Waals surface area contributed by atoms with Crippen molar-refractivity contribution >= 4 is 39.2 Å². The Labute approximate surface area is 124 Å². The molecule has 0 atom stereocenters. The molecule has 19 heavy (non-hydrogen) atoms. The quantitative estimate of drug-likeness (QED) is 0.798. The topological polar surface area (TPSA) is 44.1 Å². The third-order valence-corrected chi connectivity index (χ3v) is 4.39. The van der Waals surface area contributed by atoms with Crippen LogP contribution in [0.4, 0.5) is 5.69 Å². The molecule has 0 saturated heterocycles. The highest BCUT2D eigenvalue weighted by molar-refractivity contribution is 9.10. The minimum Gasteiger partial charge on any atom is -0.368 e. The molecular weight excluding hydrogens is 324 g/mol. The number of carbonyl (C=O) groups excluding carboxylic acids is 1. The first-order valence-corrected chi connectivity index (χ1v) is 7.24. The van der Waals surface area contributed by atoms with E-state index in [2.05, 4.69) is 28.1 Å². The van der Waals surface area contributed by atoms with Crippen molar-refractivity contribution in [3.8, 4) is 6.07 Å². The Kier molecular flexibility index (Phi) is 4.35. The fourth-order valence-electron chi connectivity index (χ4n) is 1.81. The van der Waals surface area contributed by atoms with Gasteiger partial charge in [0, 0.05) is 27.3 Å². The Hall–Kier alpha value is -1.64. The van der Waals surface area contributed by atoms with Crippen LogP contribution in [-0.2, 0) is 6.54 Å². The van der Waals surface area contributed by atoms with Crippen LogP contribution in [0.2, 0.25) is 0 Å². The van der Waals surface area contributed by atoms with E-state index in [-0.39, 0.29) is 0 Å². The number of carbonyl (C=O) groups is 1. The summed E-state index contributed by atoms with van der Waals surface area (Å²) in [5.41, 5.74) is 1.87. The van der Waals surface area contributed by atoms with Gasteiger partial charge in [-0.1, -0.05) is 0 Å². The van der Waals surface area contributed by atoms with Crippen LogP contribution in [0.5, 0.6) is 0 Å². The first-order chi connectivity index (χ1) is 9.13. The highest BCUT2D eigenvalue weighted by atomic mass is 79.9. The lowest BCUT2D eigenvalue weighted by Gasteiger charge is -2.19. The van der Waals surface area contributed by atoms with Crippen LogP contribution in [0.25, 0.3) is 0 Å². The van der Waals surface area contributed by atoms with Gasteiger partial charge in [0.1, 0.15) is 12.4 Å². The van der Waals surface area contributed by atoms with Gasteiger partial charge in [0.2, 0.25) is 0 Å². The molecule has 96 valence electrons. The molecular formula is C14H11BrN2OS. The van der Waals surface area contributed by atoms with Gasteiger partial charge < -0.3 is 4.90 Å². The molecule has 0 saturated carbocycles. The summed E-state index contributed by atoms with van der Waals surface area (Å²) in [6, 6.07) is 9.35. The lowest BCUT2D eigenvalue weighted by Crippen LogP contribution is -2.16. The number of rotatable bonds is 4. The smallest absolute Gasteiger partial charge is 0.150 e. The van der Waals surface area contributed by atoms with Crippen LogP contribution in [0.3, 0.4) is 0 Å². The summed E-state index contributed by atoms with van der Waals surface area (Å²) < 4.78 is 1.07. The summed E-state index contributed by atoms with van der Waals surface area (Å²) in [4.78, 5) is 13.9. The van der Waals surface area contributed by atoms with E-state index in [0.717, 1.165) is 23.0 Å².